The zero-order valence-electron chi connectivity index (χ0n) is 13.3. The van der Waals surface area contributed by atoms with E-state index >= 15 is 0 Å². The van der Waals surface area contributed by atoms with Crippen LogP contribution in [-0.2, 0) is 0 Å². The van der Waals surface area contributed by atoms with E-state index in [-0.39, 0.29) is 10.6 Å². The average Bonchev–Trinajstić information content (AvgIpc) is 2.52. The minimum Gasteiger partial charge on any atom is -0.399 e. The first-order chi connectivity index (χ1) is 11.4. The molecule has 0 bridgehead atoms. The van der Waals surface area contributed by atoms with Crippen LogP contribution in [0.1, 0.15) is 11.1 Å². The maximum Gasteiger partial charge on any atom is 0.232 e. The van der Waals surface area contributed by atoms with Gasteiger partial charge in [0.1, 0.15) is 0 Å². The first-order valence-corrected chi connectivity index (χ1v) is 7.91. The van der Waals surface area contributed by atoms with Crippen molar-refractivity contribution >= 4 is 40.5 Å². The summed E-state index contributed by atoms with van der Waals surface area (Å²) in [7, 11) is 0. The first-order valence-electron chi connectivity index (χ1n) is 7.15. The Balaban J connectivity index is 0.000000219. The van der Waals surface area contributed by atoms with E-state index in [1.54, 1.807) is 0 Å². The lowest BCUT2D eigenvalue weighted by Crippen LogP contribution is -1.99. The fourth-order valence-corrected chi connectivity index (χ4v) is 2.08. The molecule has 3 N–H and O–H groups in total. The van der Waals surface area contributed by atoms with Crippen LogP contribution in [0, 0.1) is 13.8 Å². The Bertz CT molecular complexity index is 748. The molecule has 1 aromatic heterocycles. The molecule has 0 aliphatic rings. The summed E-state index contributed by atoms with van der Waals surface area (Å²) in [5.41, 5.74) is 9.55. The lowest BCUT2D eigenvalue weighted by molar-refractivity contribution is 1.05. The summed E-state index contributed by atoms with van der Waals surface area (Å²) < 4.78 is 0. The molecule has 3 aromatic rings. The number of aryl methyl sites for hydroxylation is 2. The molecule has 1 heterocycles. The number of aromatic nitrogens is 3. The van der Waals surface area contributed by atoms with Gasteiger partial charge in [0.2, 0.25) is 16.5 Å². The van der Waals surface area contributed by atoms with E-state index < -0.39 is 0 Å². The number of nitrogens with zero attached hydrogens (tertiary/aromatic N) is 3. The normalized spacial score (nSPS) is 9.83. The Hall–Kier alpha value is -2.37. The number of hydrogen-bond acceptors (Lipinski definition) is 5. The SMILES string of the molecule is Cc1ccc(N)cc1.Cc1ccc(Nc2nc(Cl)nc(Cl)n2)cc1. The molecule has 0 aliphatic heterocycles. The van der Waals surface area contributed by atoms with E-state index in [4.69, 9.17) is 28.9 Å². The van der Waals surface area contributed by atoms with Crippen molar-refractivity contribution in [3.63, 3.8) is 0 Å². The molecule has 0 radical (unpaired) electrons. The molecule has 5 nitrogen and oxygen atoms in total. The summed E-state index contributed by atoms with van der Waals surface area (Å²) in [5.74, 6) is 0.328. The molecular formula is C17H17Cl2N5. The number of halogens is 2. The number of nitrogen functional groups attached to an aromatic ring is 1. The van der Waals surface area contributed by atoms with E-state index in [0.29, 0.717) is 5.95 Å². The molecule has 24 heavy (non-hydrogen) atoms. The van der Waals surface area contributed by atoms with Gasteiger partial charge in [0.05, 0.1) is 0 Å². The van der Waals surface area contributed by atoms with Crippen molar-refractivity contribution in [2.45, 2.75) is 13.8 Å². The van der Waals surface area contributed by atoms with Crippen molar-refractivity contribution in [3.05, 3.63) is 70.2 Å². The van der Waals surface area contributed by atoms with Crippen molar-refractivity contribution in [1.29, 1.82) is 0 Å². The molecule has 0 aliphatic carbocycles. The average molecular weight is 362 g/mol. The summed E-state index contributed by atoms with van der Waals surface area (Å²) in [6.45, 7) is 4.06. The third kappa shape index (κ3) is 6.02. The molecule has 0 atom stereocenters. The molecule has 0 fully saturated rings. The molecule has 0 saturated carbocycles. The van der Waals surface area contributed by atoms with Crippen molar-refractivity contribution in [3.8, 4) is 0 Å². The third-order valence-corrected chi connectivity index (χ3v) is 3.30. The predicted octanol–water partition coefficient (Wildman–Crippen LogP) is 4.81. The third-order valence-electron chi connectivity index (χ3n) is 2.97. The zero-order valence-corrected chi connectivity index (χ0v) is 14.8. The van der Waals surface area contributed by atoms with Crippen LogP contribution >= 0.6 is 23.2 Å². The van der Waals surface area contributed by atoms with Gasteiger partial charge in [-0.2, -0.15) is 15.0 Å². The minimum absolute atomic E-state index is 0.0645. The van der Waals surface area contributed by atoms with Crippen LogP contribution in [0.4, 0.5) is 17.3 Å². The quantitative estimate of drug-likeness (QED) is 0.640. The van der Waals surface area contributed by atoms with Crippen molar-refractivity contribution in [1.82, 2.24) is 15.0 Å². The zero-order chi connectivity index (χ0) is 17.5. The topological polar surface area (TPSA) is 76.7 Å². The molecule has 0 amide bonds. The van der Waals surface area contributed by atoms with Crippen LogP contribution in [0.25, 0.3) is 0 Å². The van der Waals surface area contributed by atoms with Gasteiger partial charge >= 0.3 is 0 Å². The highest BCUT2D eigenvalue weighted by Crippen LogP contribution is 2.16. The van der Waals surface area contributed by atoms with Crippen LogP contribution in [0.2, 0.25) is 10.6 Å². The first kappa shape index (κ1) is 18.0. The fraction of sp³-hybridized carbons (Fsp3) is 0.118. The van der Waals surface area contributed by atoms with E-state index in [1.807, 2.05) is 62.4 Å². The van der Waals surface area contributed by atoms with Gasteiger partial charge in [-0.15, -0.1) is 0 Å². The second-order valence-corrected chi connectivity index (χ2v) is 5.77. The summed E-state index contributed by atoms with van der Waals surface area (Å²) in [4.78, 5) is 11.5. The monoisotopic (exact) mass is 361 g/mol. The Kier molecular flexibility index (Phi) is 6.35. The highest BCUT2D eigenvalue weighted by Gasteiger charge is 2.02. The van der Waals surface area contributed by atoms with Gasteiger partial charge in [0.25, 0.3) is 0 Å². The number of benzene rings is 2. The molecule has 0 saturated heterocycles. The van der Waals surface area contributed by atoms with Crippen LogP contribution in [0.5, 0.6) is 0 Å². The maximum atomic E-state index is 5.65. The number of anilines is 3. The van der Waals surface area contributed by atoms with Gasteiger partial charge in [0, 0.05) is 11.4 Å². The van der Waals surface area contributed by atoms with Crippen molar-refractivity contribution in [2.24, 2.45) is 0 Å². The van der Waals surface area contributed by atoms with E-state index in [1.165, 1.54) is 11.1 Å². The Morgan fingerprint density at radius 1 is 0.750 bits per heavy atom. The Labute approximate surface area is 150 Å². The highest BCUT2D eigenvalue weighted by molar-refractivity contribution is 6.31. The van der Waals surface area contributed by atoms with Crippen LogP contribution < -0.4 is 11.1 Å². The number of nitrogens with one attached hydrogen (secondary N) is 1. The summed E-state index contributed by atoms with van der Waals surface area (Å²) in [6.07, 6.45) is 0. The van der Waals surface area contributed by atoms with Gasteiger partial charge < -0.3 is 11.1 Å². The maximum absolute atomic E-state index is 5.65. The Morgan fingerprint density at radius 3 is 1.67 bits per heavy atom. The van der Waals surface area contributed by atoms with Crippen molar-refractivity contribution in [2.75, 3.05) is 11.1 Å². The van der Waals surface area contributed by atoms with Gasteiger partial charge in [-0.3, -0.25) is 0 Å². The molecular weight excluding hydrogens is 345 g/mol. The van der Waals surface area contributed by atoms with Crippen LogP contribution in [-0.4, -0.2) is 15.0 Å². The van der Waals surface area contributed by atoms with Gasteiger partial charge in [-0.1, -0.05) is 35.4 Å². The second kappa shape index (κ2) is 8.47. The van der Waals surface area contributed by atoms with Gasteiger partial charge in [-0.25, -0.2) is 0 Å². The summed E-state index contributed by atoms with van der Waals surface area (Å²) in [5, 5.41) is 3.11. The molecule has 124 valence electrons. The largest absolute Gasteiger partial charge is 0.399 e. The molecule has 0 unspecified atom stereocenters. The van der Waals surface area contributed by atoms with Crippen molar-refractivity contribution < 1.29 is 0 Å². The summed E-state index contributed by atoms with van der Waals surface area (Å²) in [6, 6.07) is 15.6. The molecule has 7 heteroatoms. The van der Waals surface area contributed by atoms with E-state index in [0.717, 1.165) is 11.4 Å². The van der Waals surface area contributed by atoms with Crippen LogP contribution in [0.15, 0.2) is 48.5 Å². The highest BCUT2D eigenvalue weighted by atomic mass is 35.5. The van der Waals surface area contributed by atoms with Crippen LogP contribution in [0.3, 0.4) is 0 Å². The van der Waals surface area contributed by atoms with E-state index in [9.17, 15) is 0 Å². The smallest absolute Gasteiger partial charge is 0.232 e. The lowest BCUT2D eigenvalue weighted by Gasteiger charge is -2.04. The lowest BCUT2D eigenvalue weighted by atomic mass is 10.2. The summed E-state index contributed by atoms with van der Waals surface area (Å²) >= 11 is 11.3. The molecule has 2 aromatic carbocycles. The van der Waals surface area contributed by atoms with Gasteiger partial charge in [0.15, 0.2) is 0 Å². The fourth-order valence-electron chi connectivity index (χ4n) is 1.71. The molecule has 0 spiro atoms. The van der Waals surface area contributed by atoms with Gasteiger partial charge in [-0.05, 0) is 61.3 Å². The number of rotatable bonds is 2. The number of hydrogen-bond donors (Lipinski definition) is 2. The Morgan fingerprint density at radius 2 is 1.21 bits per heavy atom. The standard InChI is InChI=1S/C10H8Cl2N4.C7H9N/c1-6-2-4-7(5-3-6)13-10-15-8(11)14-9(12)16-10;1-6-2-4-7(8)5-3-6/h2-5H,1H3,(H,13,14,15,16);2-5H,8H2,1H3. The van der Waals surface area contributed by atoms with E-state index in [2.05, 4.69) is 20.3 Å². The second-order valence-electron chi connectivity index (χ2n) is 5.10. The predicted molar refractivity (Wildman–Crippen MR) is 99.9 cm³/mol. The number of nitrogens with two attached hydrogens (primary N) is 1. The molecule has 3 rings (SSSR count). The minimum atomic E-state index is 0.0645.